The zero-order chi connectivity index (χ0) is 19.9. The third kappa shape index (κ3) is 5.95. The van der Waals surface area contributed by atoms with Crippen LogP contribution in [-0.4, -0.2) is 84.0 Å². The van der Waals surface area contributed by atoms with E-state index in [0.29, 0.717) is 19.6 Å². The van der Waals surface area contributed by atoms with Crippen LogP contribution in [0.5, 0.6) is 0 Å². The second-order valence-electron chi connectivity index (χ2n) is 7.28. The number of rotatable bonds is 9. The van der Waals surface area contributed by atoms with Crippen LogP contribution in [-0.2, 0) is 14.4 Å². The third-order valence-electron chi connectivity index (χ3n) is 4.92. The van der Waals surface area contributed by atoms with Crippen LogP contribution in [0.2, 0.25) is 0 Å². The average Bonchev–Trinajstić information content (AvgIpc) is 2.62. The molecule has 8 nitrogen and oxygen atoms in total. The van der Waals surface area contributed by atoms with Gasteiger partial charge in [-0.05, 0) is 32.9 Å². The van der Waals surface area contributed by atoms with Crippen molar-refractivity contribution in [3.05, 3.63) is 0 Å². The minimum absolute atomic E-state index is 0.136. The highest BCUT2D eigenvalue weighted by molar-refractivity contribution is 5.92. The van der Waals surface area contributed by atoms with Gasteiger partial charge in [0.2, 0.25) is 11.8 Å². The maximum atomic E-state index is 13.0. The lowest BCUT2D eigenvalue weighted by Gasteiger charge is -2.41. The highest BCUT2D eigenvalue weighted by Crippen LogP contribution is 2.16. The fraction of sp³-hybridized carbons (Fsp3) is 0.833. The van der Waals surface area contributed by atoms with E-state index in [4.69, 9.17) is 0 Å². The van der Waals surface area contributed by atoms with E-state index in [1.165, 1.54) is 4.90 Å². The molecule has 1 aliphatic heterocycles. The van der Waals surface area contributed by atoms with Crippen molar-refractivity contribution in [1.82, 2.24) is 20.4 Å². The molecule has 8 heteroatoms. The normalized spacial score (nSPS) is 20.7. The summed E-state index contributed by atoms with van der Waals surface area (Å²) in [5, 5.41) is 15.2. The summed E-state index contributed by atoms with van der Waals surface area (Å²) in [5.74, 6) is -1.73. The van der Waals surface area contributed by atoms with Gasteiger partial charge in [0, 0.05) is 19.6 Å². The van der Waals surface area contributed by atoms with Crippen molar-refractivity contribution in [1.29, 1.82) is 0 Å². The Morgan fingerprint density at radius 3 is 2.35 bits per heavy atom. The van der Waals surface area contributed by atoms with E-state index in [2.05, 4.69) is 22.5 Å². The minimum Gasteiger partial charge on any atom is -0.480 e. The predicted molar refractivity (Wildman–Crippen MR) is 99.8 cm³/mol. The maximum Gasteiger partial charge on any atom is 0.327 e. The van der Waals surface area contributed by atoms with Crippen LogP contribution in [0.1, 0.15) is 40.5 Å². The number of nitrogens with zero attached hydrogens (tertiary/aromatic N) is 2. The number of carbonyl (C=O) groups is 3. The molecule has 3 atom stereocenters. The van der Waals surface area contributed by atoms with Crippen molar-refractivity contribution in [2.45, 2.75) is 58.7 Å². The van der Waals surface area contributed by atoms with Crippen LogP contribution in [0.15, 0.2) is 0 Å². The summed E-state index contributed by atoms with van der Waals surface area (Å²) in [5.41, 5.74) is 0. The SMILES string of the molecule is CCCCN1CCN(C(=O)C(NC(=O)C(C)NC)C(C)C)C(C(=O)O)C1. The number of aliphatic carboxylic acids is 1. The summed E-state index contributed by atoms with van der Waals surface area (Å²) in [7, 11) is 1.67. The zero-order valence-electron chi connectivity index (χ0n) is 16.6. The van der Waals surface area contributed by atoms with Gasteiger partial charge in [0.1, 0.15) is 12.1 Å². The van der Waals surface area contributed by atoms with Gasteiger partial charge < -0.3 is 20.6 Å². The van der Waals surface area contributed by atoms with Crippen molar-refractivity contribution in [3.63, 3.8) is 0 Å². The molecule has 0 spiro atoms. The first-order valence-corrected chi connectivity index (χ1v) is 9.46. The molecule has 0 bridgehead atoms. The molecule has 1 saturated heterocycles. The summed E-state index contributed by atoms with van der Waals surface area (Å²) >= 11 is 0. The Labute approximate surface area is 156 Å². The van der Waals surface area contributed by atoms with Gasteiger partial charge in [-0.3, -0.25) is 14.5 Å². The van der Waals surface area contributed by atoms with E-state index in [9.17, 15) is 19.5 Å². The number of amides is 2. The average molecular weight is 370 g/mol. The third-order valence-corrected chi connectivity index (χ3v) is 4.92. The molecular weight excluding hydrogens is 336 g/mol. The number of nitrogens with one attached hydrogen (secondary N) is 2. The lowest BCUT2D eigenvalue weighted by atomic mass is 10.00. The van der Waals surface area contributed by atoms with Crippen molar-refractivity contribution < 1.29 is 19.5 Å². The van der Waals surface area contributed by atoms with Crippen LogP contribution in [0, 0.1) is 5.92 Å². The molecule has 1 heterocycles. The van der Waals surface area contributed by atoms with Crippen molar-refractivity contribution in [2.75, 3.05) is 33.2 Å². The van der Waals surface area contributed by atoms with Crippen LogP contribution >= 0.6 is 0 Å². The van der Waals surface area contributed by atoms with E-state index in [-0.39, 0.29) is 17.7 Å². The molecule has 1 fully saturated rings. The molecule has 0 aromatic heterocycles. The lowest BCUT2D eigenvalue weighted by Crippen LogP contribution is -2.63. The topological polar surface area (TPSA) is 102 Å². The van der Waals surface area contributed by atoms with Crippen LogP contribution in [0.3, 0.4) is 0 Å². The van der Waals surface area contributed by atoms with Crippen LogP contribution < -0.4 is 10.6 Å². The van der Waals surface area contributed by atoms with Crippen molar-refractivity contribution in [3.8, 4) is 0 Å². The summed E-state index contributed by atoms with van der Waals surface area (Å²) in [4.78, 5) is 40.5. The molecule has 26 heavy (non-hydrogen) atoms. The lowest BCUT2D eigenvalue weighted by molar-refractivity contribution is -0.155. The highest BCUT2D eigenvalue weighted by Gasteiger charge is 2.39. The number of unbranched alkanes of at least 4 members (excludes halogenated alkanes) is 1. The van der Waals surface area contributed by atoms with Gasteiger partial charge >= 0.3 is 5.97 Å². The second kappa shape index (κ2) is 10.5. The molecule has 1 rings (SSSR count). The Morgan fingerprint density at radius 1 is 1.19 bits per heavy atom. The molecule has 0 radical (unpaired) electrons. The van der Waals surface area contributed by atoms with E-state index in [1.54, 1.807) is 14.0 Å². The summed E-state index contributed by atoms with van der Waals surface area (Å²) < 4.78 is 0. The Balaban J connectivity index is 2.88. The molecule has 0 saturated carbocycles. The number of hydrogen-bond donors (Lipinski definition) is 3. The summed E-state index contributed by atoms with van der Waals surface area (Å²) in [6.07, 6.45) is 2.05. The van der Waals surface area contributed by atoms with Crippen LogP contribution in [0.4, 0.5) is 0 Å². The smallest absolute Gasteiger partial charge is 0.327 e. The molecule has 2 amide bonds. The largest absolute Gasteiger partial charge is 0.480 e. The van der Waals surface area contributed by atoms with Gasteiger partial charge in [-0.2, -0.15) is 0 Å². The first kappa shape index (κ1) is 22.4. The monoisotopic (exact) mass is 370 g/mol. The Bertz CT molecular complexity index is 498. The molecular formula is C18H34N4O4. The van der Waals surface area contributed by atoms with E-state index in [0.717, 1.165) is 19.4 Å². The fourth-order valence-electron chi connectivity index (χ4n) is 3.00. The Kier molecular flexibility index (Phi) is 9.01. The molecule has 0 aromatic carbocycles. The second-order valence-corrected chi connectivity index (χ2v) is 7.28. The first-order valence-electron chi connectivity index (χ1n) is 9.46. The fourth-order valence-corrected chi connectivity index (χ4v) is 3.00. The van der Waals surface area contributed by atoms with Gasteiger partial charge in [0.05, 0.1) is 6.04 Å². The van der Waals surface area contributed by atoms with Crippen molar-refractivity contribution in [2.24, 2.45) is 5.92 Å². The molecule has 1 aliphatic rings. The molecule has 3 unspecified atom stereocenters. The first-order chi connectivity index (χ1) is 12.2. The zero-order valence-corrected chi connectivity index (χ0v) is 16.6. The number of carboxylic acids is 1. The maximum absolute atomic E-state index is 13.0. The van der Waals surface area contributed by atoms with E-state index >= 15 is 0 Å². The Morgan fingerprint density at radius 2 is 1.85 bits per heavy atom. The number of carbonyl (C=O) groups excluding carboxylic acids is 2. The van der Waals surface area contributed by atoms with Gasteiger partial charge in [0.15, 0.2) is 0 Å². The van der Waals surface area contributed by atoms with Gasteiger partial charge in [-0.1, -0.05) is 27.2 Å². The molecule has 150 valence electrons. The molecule has 3 N–H and O–H groups in total. The Hall–Kier alpha value is -1.67. The number of piperazine rings is 1. The quantitative estimate of drug-likeness (QED) is 0.533. The number of likely N-dealkylation sites (N-methyl/N-ethyl adjacent to an activating group) is 1. The minimum atomic E-state index is -1.00. The van der Waals surface area contributed by atoms with E-state index in [1.807, 2.05) is 13.8 Å². The highest BCUT2D eigenvalue weighted by atomic mass is 16.4. The standard InChI is InChI=1S/C18H34N4O4/c1-6-7-8-21-9-10-22(14(11-21)18(25)26)17(24)15(12(2)3)20-16(23)13(4)19-5/h12-15,19H,6-11H2,1-5H3,(H,20,23)(H,25,26). The summed E-state index contributed by atoms with van der Waals surface area (Å²) in [6.45, 7) is 9.68. The number of carboxylic acid groups (broad SMARTS) is 1. The van der Waals surface area contributed by atoms with Crippen LogP contribution in [0.25, 0.3) is 0 Å². The van der Waals surface area contributed by atoms with E-state index < -0.39 is 24.1 Å². The van der Waals surface area contributed by atoms with Gasteiger partial charge in [0.25, 0.3) is 0 Å². The molecule has 0 aromatic rings. The summed E-state index contributed by atoms with van der Waals surface area (Å²) in [6, 6.07) is -2.04. The number of hydrogen-bond acceptors (Lipinski definition) is 5. The van der Waals surface area contributed by atoms with Crippen molar-refractivity contribution >= 4 is 17.8 Å². The van der Waals surface area contributed by atoms with Gasteiger partial charge in [-0.15, -0.1) is 0 Å². The molecule has 0 aliphatic carbocycles. The predicted octanol–water partition coefficient (Wildman–Crippen LogP) is 0.133. The van der Waals surface area contributed by atoms with Gasteiger partial charge in [-0.25, -0.2) is 4.79 Å².